The standard InChI is InChI=1S/C26H29N5O5/c1-32-13-14-33-15-16-34-17-18-35-24-8-4-7-23(29-24)30-26-28-12-11-25(31-26)36-22-10-9-21(27)19-5-2-3-6-20(19)22/h2-12H,13-18,27H2,1H3,(H,28,29,30,31). The fourth-order valence-electron chi connectivity index (χ4n) is 3.30. The van der Waals surface area contributed by atoms with Crippen LogP contribution in [0, 0.1) is 0 Å². The van der Waals surface area contributed by atoms with Crippen LogP contribution < -0.4 is 20.5 Å². The molecule has 3 N–H and O–H groups in total. The molecule has 0 aliphatic carbocycles. The third-order valence-electron chi connectivity index (χ3n) is 5.01. The molecule has 2 aromatic carbocycles. The molecule has 188 valence electrons. The lowest BCUT2D eigenvalue weighted by Crippen LogP contribution is -2.12. The molecule has 0 unspecified atom stereocenters. The van der Waals surface area contributed by atoms with Crippen LogP contribution in [0.15, 0.2) is 66.9 Å². The van der Waals surface area contributed by atoms with Crippen LogP contribution in [0.4, 0.5) is 17.5 Å². The highest BCUT2D eigenvalue weighted by Crippen LogP contribution is 2.32. The zero-order valence-electron chi connectivity index (χ0n) is 20.1. The maximum Gasteiger partial charge on any atom is 0.231 e. The van der Waals surface area contributed by atoms with Crippen molar-refractivity contribution in [2.75, 3.05) is 57.8 Å². The largest absolute Gasteiger partial charge is 0.475 e. The predicted molar refractivity (Wildman–Crippen MR) is 137 cm³/mol. The average Bonchev–Trinajstić information content (AvgIpc) is 2.90. The van der Waals surface area contributed by atoms with Gasteiger partial charge in [0.05, 0.1) is 33.0 Å². The summed E-state index contributed by atoms with van der Waals surface area (Å²) in [5, 5.41) is 4.90. The molecule has 0 saturated carbocycles. The highest BCUT2D eigenvalue weighted by Gasteiger charge is 2.09. The van der Waals surface area contributed by atoms with Gasteiger partial charge < -0.3 is 34.7 Å². The van der Waals surface area contributed by atoms with Crippen LogP contribution in [0.5, 0.6) is 17.5 Å². The molecule has 4 rings (SSSR count). The summed E-state index contributed by atoms with van der Waals surface area (Å²) in [6, 6.07) is 18.5. The Morgan fingerprint density at radius 1 is 0.750 bits per heavy atom. The topological polar surface area (TPSA) is 123 Å². The van der Waals surface area contributed by atoms with Gasteiger partial charge in [0.1, 0.15) is 18.2 Å². The van der Waals surface area contributed by atoms with Crippen molar-refractivity contribution in [3.8, 4) is 17.5 Å². The average molecular weight is 492 g/mol. The van der Waals surface area contributed by atoms with Gasteiger partial charge in [0.2, 0.25) is 17.7 Å². The maximum atomic E-state index is 6.09. The van der Waals surface area contributed by atoms with Crippen LogP contribution in [0.3, 0.4) is 0 Å². The van der Waals surface area contributed by atoms with Crippen LogP contribution in [0.2, 0.25) is 0 Å². The summed E-state index contributed by atoms with van der Waals surface area (Å²) in [5.41, 5.74) is 6.78. The highest BCUT2D eigenvalue weighted by atomic mass is 16.6. The van der Waals surface area contributed by atoms with Gasteiger partial charge in [-0.25, -0.2) is 4.98 Å². The van der Waals surface area contributed by atoms with Gasteiger partial charge in [-0.15, -0.1) is 0 Å². The van der Waals surface area contributed by atoms with Crippen LogP contribution in [-0.4, -0.2) is 61.7 Å². The Labute approximate surface area is 209 Å². The molecule has 0 aliphatic rings. The van der Waals surface area contributed by atoms with Crippen molar-refractivity contribution >= 4 is 28.2 Å². The van der Waals surface area contributed by atoms with Crippen molar-refractivity contribution in [1.82, 2.24) is 15.0 Å². The Bertz CT molecular complexity index is 1260. The third-order valence-corrected chi connectivity index (χ3v) is 5.01. The van der Waals surface area contributed by atoms with Gasteiger partial charge in [-0.3, -0.25) is 0 Å². The quantitative estimate of drug-likeness (QED) is 0.196. The molecule has 0 fully saturated rings. The zero-order valence-corrected chi connectivity index (χ0v) is 20.1. The van der Waals surface area contributed by atoms with E-state index >= 15 is 0 Å². The first-order valence-corrected chi connectivity index (χ1v) is 11.5. The summed E-state index contributed by atoms with van der Waals surface area (Å²) in [7, 11) is 1.64. The Morgan fingerprint density at radius 2 is 1.53 bits per heavy atom. The molecule has 0 atom stereocenters. The minimum atomic E-state index is 0.341. The summed E-state index contributed by atoms with van der Waals surface area (Å²) in [6.45, 7) is 2.92. The minimum Gasteiger partial charge on any atom is -0.475 e. The van der Waals surface area contributed by atoms with Crippen LogP contribution in [-0.2, 0) is 14.2 Å². The summed E-state index contributed by atoms with van der Waals surface area (Å²) >= 11 is 0. The van der Waals surface area contributed by atoms with Crippen LogP contribution in [0.1, 0.15) is 0 Å². The molecular formula is C26H29N5O5. The van der Waals surface area contributed by atoms with E-state index in [2.05, 4.69) is 20.3 Å². The van der Waals surface area contributed by atoms with Gasteiger partial charge in [0.15, 0.2) is 0 Å². The third kappa shape index (κ3) is 7.25. The molecule has 0 saturated heterocycles. The van der Waals surface area contributed by atoms with Crippen molar-refractivity contribution in [3.63, 3.8) is 0 Å². The summed E-state index contributed by atoms with van der Waals surface area (Å²) in [4.78, 5) is 13.1. The van der Waals surface area contributed by atoms with Gasteiger partial charge in [-0.2, -0.15) is 9.97 Å². The first-order valence-electron chi connectivity index (χ1n) is 11.5. The number of methoxy groups -OCH3 is 1. The number of rotatable bonds is 14. The summed E-state index contributed by atoms with van der Waals surface area (Å²) in [6.07, 6.45) is 1.61. The monoisotopic (exact) mass is 491 g/mol. The van der Waals surface area contributed by atoms with Gasteiger partial charge in [0.25, 0.3) is 0 Å². The van der Waals surface area contributed by atoms with E-state index < -0.39 is 0 Å². The van der Waals surface area contributed by atoms with E-state index in [0.29, 0.717) is 74.6 Å². The number of pyridine rings is 1. The SMILES string of the molecule is COCCOCCOCCOc1cccc(Nc2nccc(Oc3ccc(N)c4ccccc34)n2)n1. The van der Waals surface area contributed by atoms with Crippen molar-refractivity contribution in [3.05, 3.63) is 66.9 Å². The van der Waals surface area contributed by atoms with Crippen molar-refractivity contribution in [2.45, 2.75) is 0 Å². The summed E-state index contributed by atoms with van der Waals surface area (Å²) in [5.74, 6) is 2.38. The van der Waals surface area contributed by atoms with Gasteiger partial charge in [-0.1, -0.05) is 30.3 Å². The number of hydrogen-bond acceptors (Lipinski definition) is 10. The number of aromatic nitrogens is 3. The van der Waals surface area contributed by atoms with Crippen LogP contribution in [0.25, 0.3) is 10.8 Å². The molecule has 0 radical (unpaired) electrons. The second-order valence-corrected chi connectivity index (χ2v) is 7.57. The lowest BCUT2D eigenvalue weighted by molar-refractivity contribution is 0.0177. The normalized spacial score (nSPS) is 10.9. The number of hydrogen-bond donors (Lipinski definition) is 2. The number of ether oxygens (including phenoxy) is 5. The van der Waals surface area contributed by atoms with Crippen molar-refractivity contribution in [2.24, 2.45) is 0 Å². The highest BCUT2D eigenvalue weighted by molar-refractivity contribution is 5.97. The van der Waals surface area contributed by atoms with E-state index in [1.54, 1.807) is 31.5 Å². The molecule has 2 aromatic heterocycles. The van der Waals surface area contributed by atoms with Crippen molar-refractivity contribution < 1.29 is 23.7 Å². The fraction of sp³-hybridized carbons (Fsp3) is 0.269. The van der Waals surface area contributed by atoms with E-state index in [-0.39, 0.29) is 0 Å². The fourth-order valence-corrected chi connectivity index (χ4v) is 3.30. The first-order chi connectivity index (χ1) is 17.7. The number of nitrogens with zero attached hydrogens (tertiary/aromatic N) is 3. The minimum absolute atomic E-state index is 0.341. The number of nitrogens with one attached hydrogen (secondary N) is 1. The number of anilines is 3. The molecule has 0 aliphatic heterocycles. The molecule has 10 nitrogen and oxygen atoms in total. The molecule has 36 heavy (non-hydrogen) atoms. The Morgan fingerprint density at radius 3 is 2.36 bits per heavy atom. The van der Waals surface area contributed by atoms with E-state index in [9.17, 15) is 0 Å². The van der Waals surface area contributed by atoms with Crippen molar-refractivity contribution in [1.29, 1.82) is 0 Å². The molecule has 0 spiro atoms. The first kappa shape index (κ1) is 25.1. The predicted octanol–water partition coefficient (Wildman–Crippen LogP) is 4.20. The Balaban J connectivity index is 1.30. The number of nitrogens with two attached hydrogens (primary N) is 1. The second-order valence-electron chi connectivity index (χ2n) is 7.57. The van der Waals surface area contributed by atoms with E-state index in [1.807, 2.05) is 42.5 Å². The molecule has 0 bridgehead atoms. The Hall–Kier alpha value is -3.99. The van der Waals surface area contributed by atoms with E-state index in [1.165, 1.54) is 0 Å². The molecule has 4 aromatic rings. The lowest BCUT2D eigenvalue weighted by atomic mass is 10.1. The molecule has 10 heteroatoms. The summed E-state index contributed by atoms with van der Waals surface area (Å²) < 4.78 is 27.4. The number of nitrogen functional groups attached to an aromatic ring is 1. The lowest BCUT2D eigenvalue weighted by Gasteiger charge is -2.11. The van der Waals surface area contributed by atoms with E-state index in [0.717, 1.165) is 10.8 Å². The van der Waals surface area contributed by atoms with Crippen LogP contribution >= 0.6 is 0 Å². The molecule has 0 amide bonds. The maximum absolute atomic E-state index is 6.09. The molecular weight excluding hydrogens is 462 g/mol. The van der Waals surface area contributed by atoms with E-state index in [4.69, 9.17) is 29.4 Å². The number of fused-ring (bicyclic) bond motifs is 1. The van der Waals surface area contributed by atoms with Gasteiger partial charge >= 0.3 is 0 Å². The smallest absolute Gasteiger partial charge is 0.231 e. The molecule has 2 heterocycles. The van der Waals surface area contributed by atoms with Gasteiger partial charge in [0, 0.05) is 41.9 Å². The zero-order chi connectivity index (χ0) is 25.0. The van der Waals surface area contributed by atoms with Gasteiger partial charge in [-0.05, 0) is 18.2 Å². The Kier molecular flexibility index (Phi) is 9.20. The number of benzene rings is 2. The second kappa shape index (κ2) is 13.2.